The molecule has 0 aliphatic carbocycles. The van der Waals surface area contributed by atoms with E-state index in [0.717, 1.165) is 22.8 Å². The SMILES string of the molecule is C=C[Si]1(O)O[Si](O)(C=C)O[Si](O)(C=C)O[Si](O)(C=C)O1. The molecule has 20 heavy (non-hydrogen) atoms. The molecule has 0 atom stereocenters. The van der Waals surface area contributed by atoms with E-state index in [-0.39, 0.29) is 0 Å². The van der Waals surface area contributed by atoms with Gasteiger partial charge in [-0.15, -0.1) is 0 Å². The predicted octanol–water partition coefficient (Wildman–Crippen LogP) is -1.31. The molecule has 112 valence electrons. The first kappa shape index (κ1) is 17.6. The molecular weight excluding hydrogens is 336 g/mol. The molecule has 12 heteroatoms. The van der Waals surface area contributed by atoms with Crippen molar-refractivity contribution in [3.8, 4) is 0 Å². The minimum atomic E-state index is -4.21. The second-order valence-electron chi connectivity index (χ2n) is 3.75. The molecule has 1 heterocycles. The van der Waals surface area contributed by atoms with E-state index in [1.54, 1.807) is 0 Å². The highest BCUT2D eigenvalue weighted by atomic mass is 28.5. The van der Waals surface area contributed by atoms with E-state index in [1.165, 1.54) is 0 Å². The van der Waals surface area contributed by atoms with Gasteiger partial charge in [0.2, 0.25) is 0 Å². The van der Waals surface area contributed by atoms with Gasteiger partial charge < -0.3 is 35.6 Å². The zero-order valence-electron chi connectivity index (χ0n) is 10.6. The van der Waals surface area contributed by atoms with Crippen LogP contribution in [0.4, 0.5) is 0 Å². The second-order valence-corrected chi connectivity index (χ2v) is 13.7. The zero-order valence-corrected chi connectivity index (χ0v) is 14.6. The molecule has 1 aliphatic rings. The van der Waals surface area contributed by atoms with Crippen LogP contribution in [0.3, 0.4) is 0 Å². The summed E-state index contributed by atoms with van der Waals surface area (Å²) in [6.45, 7) is 13.3. The first-order chi connectivity index (χ1) is 9.07. The molecule has 0 saturated carbocycles. The first-order valence-corrected chi connectivity index (χ1v) is 12.7. The average Bonchev–Trinajstić information content (AvgIpc) is 2.36. The van der Waals surface area contributed by atoms with Crippen LogP contribution in [-0.4, -0.2) is 54.4 Å². The topological polar surface area (TPSA) is 118 Å². The van der Waals surface area contributed by atoms with Gasteiger partial charge in [0.05, 0.1) is 0 Å². The maximum atomic E-state index is 10.1. The molecule has 0 aromatic carbocycles. The van der Waals surface area contributed by atoms with Crippen molar-refractivity contribution in [3.63, 3.8) is 0 Å². The van der Waals surface area contributed by atoms with Gasteiger partial charge in [-0.25, -0.2) is 0 Å². The molecule has 0 spiro atoms. The van der Waals surface area contributed by atoms with Crippen LogP contribution in [0.15, 0.2) is 49.1 Å². The Morgan fingerprint density at radius 1 is 0.500 bits per heavy atom. The molecule has 0 amide bonds. The second kappa shape index (κ2) is 5.71. The van der Waals surface area contributed by atoms with Gasteiger partial charge in [-0.1, -0.05) is 26.3 Å². The Morgan fingerprint density at radius 2 is 0.650 bits per heavy atom. The number of hydrogen-bond acceptors (Lipinski definition) is 8. The minimum absolute atomic E-state index is 0.905. The van der Waals surface area contributed by atoms with Crippen molar-refractivity contribution in [3.05, 3.63) is 49.1 Å². The third-order valence-corrected chi connectivity index (χ3v) is 13.6. The summed E-state index contributed by atoms with van der Waals surface area (Å²) in [7, 11) is -16.8. The highest BCUT2D eigenvalue weighted by molar-refractivity contribution is 6.92. The van der Waals surface area contributed by atoms with Crippen LogP contribution >= 0.6 is 0 Å². The fraction of sp³-hybridized carbons (Fsp3) is 0. The van der Waals surface area contributed by atoms with Gasteiger partial charge in [0.15, 0.2) is 0 Å². The van der Waals surface area contributed by atoms with E-state index in [1.807, 2.05) is 0 Å². The summed E-state index contributed by atoms with van der Waals surface area (Å²) in [6, 6.07) is 0. The van der Waals surface area contributed by atoms with E-state index in [0.29, 0.717) is 0 Å². The predicted molar refractivity (Wildman–Crippen MR) is 77.0 cm³/mol. The van der Waals surface area contributed by atoms with Gasteiger partial charge in [0.1, 0.15) is 0 Å². The van der Waals surface area contributed by atoms with Crippen LogP contribution in [0, 0.1) is 0 Å². The molecular formula is C8H16O8Si4. The smallest absolute Gasteiger partial charge is 0.387 e. The Balaban J connectivity index is 3.31. The summed E-state index contributed by atoms with van der Waals surface area (Å²) < 4.78 is 20.2. The maximum absolute atomic E-state index is 10.1. The van der Waals surface area contributed by atoms with Crippen molar-refractivity contribution in [2.24, 2.45) is 0 Å². The third kappa shape index (κ3) is 3.78. The van der Waals surface area contributed by atoms with Crippen LogP contribution in [0.25, 0.3) is 0 Å². The number of rotatable bonds is 4. The van der Waals surface area contributed by atoms with Gasteiger partial charge in [-0.05, 0) is 22.8 Å². The third-order valence-electron chi connectivity index (χ3n) is 2.20. The summed E-state index contributed by atoms with van der Waals surface area (Å²) in [6.07, 6.45) is 0. The van der Waals surface area contributed by atoms with E-state index in [9.17, 15) is 19.2 Å². The molecule has 0 radical (unpaired) electrons. The molecule has 8 nitrogen and oxygen atoms in total. The van der Waals surface area contributed by atoms with Gasteiger partial charge in [0.25, 0.3) is 0 Å². The van der Waals surface area contributed by atoms with Crippen LogP contribution < -0.4 is 0 Å². The lowest BCUT2D eigenvalue weighted by atomic mass is 11.3. The summed E-state index contributed by atoms with van der Waals surface area (Å²) in [5.74, 6) is 0. The standard InChI is InChI=1S/C8H16O8Si4/c1-5-17(9)13-18(10,6-2)15-20(12,8-4)16-19(11,7-3)14-17/h5-12H,1-4H2. The van der Waals surface area contributed by atoms with Crippen LogP contribution in [-0.2, 0) is 16.5 Å². The minimum Gasteiger partial charge on any atom is -0.387 e. The van der Waals surface area contributed by atoms with E-state index in [2.05, 4.69) is 26.3 Å². The van der Waals surface area contributed by atoms with E-state index in [4.69, 9.17) is 16.5 Å². The molecule has 0 unspecified atom stereocenters. The summed E-state index contributed by atoms with van der Waals surface area (Å²) >= 11 is 0. The van der Waals surface area contributed by atoms with Crippen LogP contribution in [0.1, 0.15) is 0 Å². The Labute approximate surface area is 120 Å². The van der Waals surface area contributed by atoms with Crippen LogP contribution in [0.2, 0.25) is 0 Å². The molecule has 0 aromatic heterocycles. The van der Waals surface area contributed by atoms with Gasteiger partial charge >= 0.3 is 35.2 Å². The molecule has 1 rings (SSSR count). The Kier molecular flexibility index (Phi) is 5.02. The maximum Gasteiger partial charge on any atom is 0.512 e. The zero-order chi connectivity index (χ0) is 15.7. The lowest BCUT2D eigenvalue weighted by Crippen LogP contribution is -2.69. The van der Waals surface area contributed by atoms with E-state index < -0.39 is 35.2 Å². The van der Waals surface area contributed by atoms with Crippen molar-refractivity contribution >= 4 is 35.2 Å². The highest BCUT2D eigenvalue weighted by Crippen LogP contribution is 2.27. The number of hydrogen-bond donors (Lipinski definition) is 4. The van der Waals surface area contributed by atoms with Crippen LogP contribution in [0.5, 0.6) is 0 Å². The first-order valence-electron chi connectivity index (χ1n) is 5.32. The van der Waals surface area contributed by atoms with Crippen molar-refractivity contribution in [1.29, 1.82) is 0 Å². The fourth-order valence-corrected chi connectivity index (χ4v) is 12.8. The molecule has 1 aliphatic heterocycles. The van der Waals surface area contributed by atoms with Gasteiger partial charge in [0, 0.05) is 0 Å². The van der Waals surface area contributed by atoms with E-state index >= 15 is 0 Å². The summed E-state index contributed by atoms with van der Waals surface area (Å²) in [5, 5.41) is 0. The molecule has 4 N–H and O–H groups in total. The van der Waals surface area contributed by atoms with Crippen molar-refractivity contribution in [2.75, 3.05) is 0 Å². The van der Waals surface area contributed by atoms with Crippen molar-refractivity contribution < 1.29 is 35.6 Å². The van der Waals surface area contributed by atoms with Gasteiger partial charge in [-0.2, -0.15) is 0 Å². The van der Waals surface area contributed by atoms with Gasteiger partial charge in [-0.3, -0.25) is 0 Å². The quantitative estimate of drug-likeness (QED) is 0.461. The monoisotopic (exact) mass is 352 g/mol. The van der Waals surface area contributed by atoms with Crippen molar-refractivity contribution in [1.82, 2.24) is 0 Å². The highest BCUT2D eigenvalue weighted by Gasteiger charge is 2.61. The molecule has 0 bridgehead atoms. The lowest BCUT2D eigenvalue weighted by Gasteiger charge is -2.40. The largest absolute Gasteiger partial charge is 0.512 e. The Morgan fingerprint density at radius 3 is 0.750 bits per heavy atom. The normalized spacial score (nSPS) is 45.8. The molecule has 1 saturated heterocycles. The Hall–Kier alpha value is -0.492. The lowest BCUT2D eigenvalue weighted by molar-refractivity contribution is 0.0911. The van der Waals surface area contributed by atoms with Crippen molar-refractivity contribution in [2.45, 2.75) is 0 Å². The fourth-order valence-electron chi connectivity index (χ4n) is 1.25. The summed E-state index contributed by atoms with van der Waals surface area (Å²) in [4.78, 5) is 40.6. The molecule has 0 aromatic rings. The Bertz CT molecular complexity index is 352. The molecule has 1 fully saturated rings. The average molecular weight is 353 g/mol. The summed E-state index contributed by atoms with van der Waals surface area (Å²) in [5.41, 5.74) is 3.62.